The minimum Gasteiger partial charge on any atom is -0.353 e. The van der Waals surface area contributed by atoms with E-state index < -0.39 is 0 Å². The van der Waals surface area contributed by atoms with Crippen molar-refractivity contribution in [1.29, 1.82) is 0 Å². The van der Waals surface area contributed by atoms with Gasteiger partial charge in [-0.15, -0.1) is 0 Å². The van der Waals surface area contributed by atoms with Crippen molar-refractivity contribution in [3.8, 4) is 5.95 Å². The van der Waals surface area contributed by atoms with Crippen LogP contribution >= 0.6 is 11.6 Å². The SMILES string of the molecule is CCN(CCNc1nc(Cl)nc(-n2cccn2)n1)C1CC1. The van der Waals surface area contributed by atoms with E-state index in [4.69, 9.17) is 11.6 Å². The molecule has 0 radical (unpaired) electrons. The third-order valence-electron chi connectivity index (χ3n) is 3.46. The highest BCUT2D eigenvalue weighted by atomic mass is 35.5. The molecule has 8 heteroatoms. The molecule has 1 fully saturated rings. The van der Waals surface area contributed by atoms with E-state index in [0.29, 0.717) is 11.9 Å². The maximum Gasteiger partial charge on any atom is 0.256 e. The monoisotopic (exact) mass is 307 g/mol. The molecule has 1 aliphatic carbocycles. The number of halogens is 1. The van der Waals surface area contributed by atoms with Gasteiger partial charge in [0.1, 0.15) is 0 Å². The average Bonchev–Trinajstić information content (AvgIpc) is 3.16. The van der Waals surface area contributed by atoms with Gasteiger partial charge in [-0.3, -0.25) is 4.90 Å². The molecule has 0 aliphatic heterocycles. The van der Waals surface area contributed by atoms with Crippen LogP contribution < -0.4 is 5.32 Å². The molecule has 112 valence electrons. The first kappa shape index (κ1) is 14.2. The summed E-state index contributed by atoms with van der Waals surface area (Å²) in [5, 5.41) is 7.46. The molecule has 0 amide bonds. The van der Waals surface area contributed by atoms with Crippen molar-refractivity contribution in [2.24, 2.45) is 0 Å². The Labute approximate surface area is 128 Å². The molecule has 0 spiro atoms. The molecule has 0 aromatic carbocycles. The zero-order chi connectivity index (χ0) is 14.7. The van der Waals surface area contributed by atoms with Crippen molar-refractivity contribution in [3.63, 3.8) is 0 Å². The van der Waals surface area contributed by atoms with Crippen LogP contribution in [-0.4, -0.2) is 55.3 Å². The van der Waals surface area contributed by atoms with Crippen molar-refractivity contribution in [2.75, 3.05) is 25.0 Å². The molecular weight excluding hydrogens is 290 g/mol. The molecule has 1 N–H and O–H groups in total. The van der Waals surface area contributed by atoms with E-state index in [1.54, 1.807) is 23.1 Å². The molecular formula is C13H18ClN7. The van der Waals surface area contributed by atoms with Gasteiger partial charge >= 0.3 is 0 Å². The number of anilines is 1. The molecule has 2 aromatic rings. The standard InChI is InChI=1S/C13H18ClN7/c1-2-20(10-4-5-10)9-7-15-12-17-11(14)18-13(19-12)21-8-3-6-16-21/h3,6,8,10H,2,4-5,7,9H2,1H3,(H,15,17,18,19). The first-order chi connectivity index (χ1) is 10.3. The van der Waals surface area contributed by atoms with E-state index in [1.807, 2.05) is 0 Å². The van der Waals surface area contributed by atoms with Crippen LogP contribution in [0.4, 0.5) is 5.95 Å². The summed E-state index contributed by atoms with van der Waals surface area (Å²) in [5.74, 6) is 0.893. The molecule has 2 aromatic heterocycles. The van der Waals surface area contributed by atoms with E-state index in [1.165, 1.54) is 12.8 Å². The molecule has 3 rings (SSSR count). The second kappa shape index (κ2) is 6.36. The first-order valence-electron chi connectivity index (χ1n) is 7.16. The van der Waals surface area contributed by atoms with Gasteiger partial charge in [0.25, 0.3) is 5.95 Å². The van der Waals surface area contributed by atoms with Crippen molar-refractivity contribution in [2.45, 2.75) is 25.8 Å². The molecule has 1 saturated carbocycles. The zero-order valence-electron chi connectivity index (χ0n) is 11.9. The van der Waals surface area contributed by atoms with E-state index in [9.17, 15) is 0 Å². The van der Waals surface area contributed by atoms with Crippen molar-refractivity contribution in [1.82, 2.24) is 29.6 Å². The molecule has 0 bridgehead atoms. The molecule has 0 saturated heterocycles. The van der Waals surface area contributed by atoms with Crippen LogP contribution in [0.25, 0.3) is 5.95 Å². The fourth-order valence-electron chi connectivity index (χ4n) is 2.26. The summed E-state index contributed by atoms with van der Waals surface area (Å²) in [5.41, 5.74) is 0. The number of rotatable bonds is 7. The predicted molar refractivity (Wildman–Crippen MR) is 80.7 cm³/mol. The van der Waals surface area contributed by atoms with Gasteiger partial charge in [0, 0.05) is 31.5 Å². The van der Waals surface area contributed by atoms with Gasteiger partial charge in [0.2, 0.25) is 11.2 Å². The average molecular weight is 308 g/mol. The lowest BCUT2D eigenvalue weighted by atomic mass is 10.4. The number of likely N-dealkylation sites (N-methyl/N-ethyl adjacent to an activating group) is 1. The summed E-state index contributed by atoms with van der Waals surface area (Å²) in [4.78, 5) is 15.0. The largest absolute Gasteiger partial charge is 0.353 e. The molecule has 0 atom stereocenters. The Morgan fingerprint density at radius 1 is 1.38 bits per heavy atom. The highest BCUT2D eigenvalue weighted by Gasteiger charge is 2.27. The van der Waals surface area contributed by atoms with Gasteiger partial charge in [-0.2, -0.15) is 20.1 Å². The lowest BCUT2D eigenvalue weighted by molar-refractivity contribution is 0.289. The van der Waals surface area contributed by atoms with Crippen LogP contribution in [0, 0.1) is 0 Å². The fraction of sp³-hybridized carbons (Fsp3) is 0.538. The molecule has 0 unspecified atom stereocenters. The summed E-state index contributed by atoms with van der Waals surface area (Å²) in [6.45, 7) is 5.02. The Bertz CT molecular complexity index is 582. The minimum absolute atomic E-state index is 0.160. The Morgan fingerprint density at radius 3 is 2.90 bits per heavy atom. The summed E-state index contributed by atoms with van der Waals surface area (Å²) < 4.78 is 1.56. The quantitative estimate of drug-likeness (QED) is 0.838. The highest BCUT2D eigenvalue weighted by Crippen LogP contribution is 2.25. The molecule has 7 nitrogen and oxygen atoms in total. The van der Waals surface area contributed by atoms with Gasteiger partial charge in [-0.25, -0.2) is 4.68 Å². The van der Waals surface area contributed by atoms with Crippen molar-refractivity contribution >= 4 is 17.5 Å². The summed E-state index contributed by atoms with van der Waals surface area (Å²) >= 11 is 5.94. The summed E-state index contributed by atoms with van der Waals surface area (Å²) in [7, 11) is 0. The summed E-state index contributed by atoms with van der Waals surface area (Å²) in [6.07, 6.45) is 6.06. The topological polar surface area (TPSA) is 71.8 Å². The highest BCUT2D eigenvalue weighted by molar-refractivity contribution is 6.28. The van der Waals surface area contributed by atoms with E-state index >= 15 is 0 Å². The second-order valence-corrected chi connectivity index (χ2v) is 5.30. The molecule has 1 aliphatic rings. The lowest BCUT2D eigenvalue weighted by Crippen LogP contribution is -2.31. The fourth-order valence-corrected chi connectivity index (χ4v) is 2.41. The van der Waals surface area contributed by atoms with Crippen molar-refractivity contribution < 1.29 is 0 Å². The van der Waals surface area contributed by atoms with Crippen LogP contribution in [-0.2, 0) is 0 Å². The van der Waals surface area contributed by atoms with E-state index in [2.05, 4.69) is 37.2 Å². The van der Waals surface area contributed by atoms with Crippen LogP contribution in [0.2, 0.25) is 5.28 Å². The Hall–Kier alpha value is -1.73. The molecule has 2 heterocycles. The maximum atomic E-state index is 5.94. The van der Waals surface area contributed by atoms with Crippen LogP contribution in [0.3, 0.4) is 0 Å². The molecule has 21 heavy (non-hydrogen) atoms. The van der Waals surface area contributed by atoms with Gasteiger partial charge in [-0.1, -0.05) is 6.92 Å². The minimum atomic E-state index is 0.160. The van der Waals surface area contributed by atoms with Crippen LogP contribution in [0.15, 0.2) is 18.5 Å². The third kappa shape index (κ3) is 3.68. The van der Waals surface area contributed by atoms with E-state index in [-0.39, 0.29) is 5.28 Å². The van der Waals surface area contributed by atoms with E-state index in [0.717, 1.165) is 25.7 Å². The summed E-state index contributed by atoms with van der Waals surface area (Å²) in [6, 6.07) is 2.57. The number of hydrogen-bond acceptors (Lipinski definition) is 6. The van der Waals surface area contributed by atoms with Crippen LogP contribution in [0.1, 0.15) is 19.8 Å². The zero-order valence-corrected chi connectivity index (χ0v) is 12.7. The van der Waals surface area contributed by atoms with Crippen LogP contribution in [0.5, 0.6) is 0 Å². The Morgan fingerprint density at radius 2 is 2.24 bits per heavy atom. The van der Waals surface area contributed by atoms with Gasteiger partial charge in [-0.05, 0) is 37.1 Å². The van der Waals surface area contributed by atoms with Crippen molar-refractivity contribution in [3.05, 3.63) is 23.7 Å². The smallest absolute Gasteiger partial charge is 0.256 e. The number of nitrogens with one attached hydrogen (secondary N) is 1. The Kier molecular flexibility index (Phi) is 4.31. The Balaban J connectivity index is 1.62. The van der Waals surface area contributed by atoms with Gasteiger partial charge in [0.05, 0.1) is 0 Å². The third-order valence-corrected chi connectivity index (χ3v) is 3.63. The maximum absolute atomic E-state index is 5.94. The number of aromatic nitrogens is 5. The van der Waals surface area contributed by atoms with Gasteiger partial charge < -0.3 is 5.32 Å². The number of hydrogen-bond donors (Lipinski definition) is 1. The van der Waals surface area contributed by atoms with Gasteiger partial charge in [0.15, 0.2) is 0 Å². The predicted octanol–water partition coefficient (Wildman–Crippen LogP) is 1.61. The lowest BCUT2D eigenvalue weighted by Gasteiger charge is -2.19. The second-order valence-electron chi connectivity index (χ2n) is 4.97. The normalized spacial score (nSPS) is 14.6. The number of nitrogens with zero attached hydrogens (tertiary/aromatic N) is 6. The first-order valence-corrected chi connectivity index (χ1v) is 7.53.